The molecule has 0 spiro atoms. The van der Waals surface area contributed by atoms with Crippen molar-refractivity contribution in [1.82, 2.24) is 4.98 Å². The van der Waals surface area contributed by atoms with Gasteiger partial charge < -0.3 is 0 Å². The molecule has 1 aromatic carbocycles. The first-order valence-corrected chi connectivity index (χ1v) is 6.33. The lowest BCUT2D eigenvalue weighted by atomic mass is 10.1. The molecule has 0 radical (unpaired) electrons. The Balaban J connectivity index is 1.95. The first kappa shape index (κ1) is 12.3. The Morgan fingerprint density at radius 3 is 2.83 bits per heavy atom. The van der Waals surface area contributed by atoms with Gasteiger partial charge in [-0.25, -0.2) is 4.98 Å². The second-order valence-corrected chi connectivity index (χ2v) is 4.60. The summed E-state index contributed by atoms with van der Waals surface area (Å²) in [6.07, 6.45) is 2.17. The van der Waals surface area contributed by atoms with Crippen LogP contribution >= 0.6 is 11.3 Å². The van der Waals surface area contributed by atoms with Crippen LogP contribution in [0.5, 0.6) is 0 Å². The lowest BCUT2D eigenvalue weighted by Crippen LogP contribution is -1.90. The number of aromatic nitrogens is 1. The van der Waals surface area contributed by atoms with E-state index in [0.717, 1.165) is 22.0 Å². The number of hydrogen-bond donors (Lipinski definition) is 1. The minimum absolute atomic E-state index is 0.439. The Bertz CT molecular complexity index is 578. The smallest absolute Gasteiger partial charge is 0.203 e. The van der Waals surface area contributed by atoms with Gasteiger partial charge in [-0.3, -0.25) is 5.43 Å². The van der Waals surface area contributed by atoms with Crippen molar-refractivity contribution in [1.29, 1.82) is 5.26 Å². The Morgan fingerprint density at radius 1 is 1.44 bits per heavy atom. The summed E-state index contributed by atoms with van der Waals surface area (Å²) >= 11 is 1.52. The van der Waals surface area contributed by atoms with Crippen LogP contribution in [0.3, 0.4) is 0 Å². The minimum Gasteiger partial charge on any atom is -0.253 e. The van der Waals surface area contributed by atoms with E-state index in [2.05, 4.69) is 21.6 Å². The van der Waals surface area contributed by atoms with E-state index in [9.17, 15) is 0 Å². The zero-order valence-corrected chi connectivity index (χ0v) is 10.7. The summed E-state index contributed by atoms with van der Waals surface area (Å²) in [6, 6.07) is 9.85. The summed E-state index contributed by atoms with van der Waals surface area (Å²) in [5, 5.41) is 15.4. The number of hydrogen-bond acceptors (Lipinski definition) is 5. The highest BCUT2D eigenvalue weighted by molar-refractivity contribution is 7.13. The average molecular weight is 256 g/mol. The molecule has 0 saturated heterocycles. The quantitative estimate of drug-likeness (QED) is 0.675. The maximum atomic E-state index is 8.57. The van der Waals surface area contributed by atoms with Gasteiger partial charge in [-0.2, -0.15) is 10.4 Å². The summed E-state index contributed by atoms with van der Waals surface area (Å²) in [7, 11) is 0. The zero-order valence-electron chi connectivity index (χ0n) is 9.92. The molecule has 1 heterocycles. The van der Waals surface area contributed by atoms with E-state index in [-0.39, 0.29) is 0 Å². The number of nitriles is 1. The molecule has 5 heteroatoms. The number of thiazole rings is 1. The summed E-state index contributed by atoms with van der Waals surface area (Å²) in [6.45, 7) is 1.94. The maximum absolute atomic E-state index is 8.57. The molecule has 4 nitrogen and oxygen atoms in total. The van der Waals surface area contributed by atoms with Crippen LogP contribution in [0.2, 0.25) is 0 Å². The number of nitrogens with one attached hydrogen (secondary N) is 1. The molecule has 90 valence electrons. The SMILES string of the molecule is Cc1csc(NN=Cc2ccc(CC#N)cc2)n1. The average Bonchev–Trinajstić information content (AvgIpc) is 2.78. The van der Waals surface area contributed by atoms with Crippen molar-refractivity contribution in [2.24, 2.45) is 5.10 Å². The lowest BCUT2D eigenvalue weighted by Gasteiger charge is -1.96. The predicted molar refractivity (Wildman–Crippen MR) is 73.8 cm³/mol. The number of benzene rings is 1. The molecule has 2 aromatic rings. The second kappa shape index (κ2) is 5.94. The molecule has 0 aliphatic rings. The molecular weight excluding hydrogens is 244 g/mol. The maximum Gasteiger partial charge on any atom is 0.203 e. The van der Waals surface area contributed by atoms with Crippen LogP contribution in [-0.4, -0.2) is 11.2 Å². The van der Waals surface area contributed by atoms with Crippen molar-refractivity contribution in [2.45, 2.75) is 13.3 Å². The van der Waals surface area contributed by atoms with Gasteiger partial charge in [0.25, 0.3) is 0 Å². The first-order valence-electron chi connectivity index (χ1n) is 5.45. The highest BCUT2D eigenvalue weighted by Gasteiger charge is 1.95. The van der Waals surface area contributed by atoms with Crippen molar-refractivity contribution in [2.75, 3.05) is 5.43 Å². The van der Waals surface area contributed by atoms with E-state index in [1.54, 1.807) is 6.21 Å². The fourth-order valence-electron chi connectivity index (χ4n) is 1.38. The third kappa shape index (κ3) is 3.40. The van der Waals surface area contributed by atoms with Crippen molar-refractivity contribution >= 4 is 22.7 Å². The monoisotopic (exact) mass is 256 g/mol. The fourth-order valence-corrected chi connectivity index (χ4v) is 2.02. The van der Waals surface area contributed by atoms with Gasteiger partial charge in [0.2, 0.25) is 5.13 Å². The van der Waals surface area contributed by atoms with Crippen LogP contribution in [0.25, 0.3) is 0 Å². The van der Waals surface area contributed by atoms with E-state index in [1.165, 1.54) is 11.3 Å². The Kier molecular flexibility index (Phi) is 4.05. The summed E-state index contributed by atoms with van der Waals surface area (Å²) in [5.41, 5.74) is 5.86. The van der Waals surface area contributed by atoms with Crippen LogP contribution in [0.4, 0.5) is 5.13 Å². The molecule has 0 atom stereocenters. The van der Waals surface area contributed by atoms with E-state index in [4.69, 9.17) is 5.26 Å². The lowest BCUT2D eigenvalue weighted by molar-refractivity contribution is 1.22. The zero-order chi connectivity index (χ0) is 12.8. The molecule has 0 aliphatic carbocycles. The summed E-state index contributed by atoms with van der Waals surface area (Å²) in [5.74, 6) is 0. The summed E-state index contributed by atoms with van der Waals surface area (Å²) < 4.78 is 0. The molecule has 0 saturated carbocycles. The molecular formula is C13H12N4S. The van der Waals surface area contributed by atoms with Gasteiger partial charge in [-0.05, 0) is 18.1 Å². The summed E-state index contributed by atoms with van der Waals surface area (Å²) in [4.78, 5) is 4.24. The van der Waals surface area contributed by atoms with Crippen LogP contribution in [0.1, 0.15) is 16.8 Å². The van der Waals surface area contributed by atoms with Gasteiger partial charge in [0.05, 0.1) is 24.4 Å². The Labute approximate surface area is 110 Å². The van der Waals surface area contributed by atoms with Crippen LogP contribution < -0.4 is 5.43 Å². The highest BCUT2D eigenvalue weighted by atomic mass is 32.1. The molecule has 0 fully saturated rings. The topological polar surface area (TPSA) is 61.1 Å². The standard InChI is InChI=1S/C13H12N4S/c1-10-9-18-13(16-10)17-15-8-12-4-2-11(3-5-12)6-7-14/h2-5,8-9H,6H2,1H3,(H,16,17). The van der Waals surface area contributed by atoms with Crippen molar-refractivity contribution < 1.29 is 0 Å². The second-order valence-electron chi connectivity index (χ2n) is 3.74. The molecule has 18 heavy (non-hydrogen) atoms. The van der Waals surface area contributed by atoms with Crippen molar-refractivity contribution in [3.8, 4) is 6.07 Å². The number of anilines is 1. The third-order valence-corrected chi connectivity index (χ3v) is 3.12. The Hall–Kier alpha value is -2.19. The van der Waals surface area contributed by atoms with E-state index in [0.29, 0.717) is 6.42 Å². The van der Waals surface area contributed by atoms with Gasteiger partial charge in [-0.1, -0.05) is 24.3 Å². The highest BCUT2D eigenvalue weighted by Crippen LogP contribution is 2.13. The molecule has 0 aliphatic heterocycles. The van der Waals surface area contributed by atoms with Crippen LogP contribution in [0.15, 0.2) is 34.7 Å². The van der Waals surface area contributed by atoms with Gasteiger partial charge in [0, 0.05) is 5.38 Å². The molecule has 0 unspecified atom stereocenters. The van der Waals surface area contributed by atoms with Gasteiger partial charge in [0.15, 0.2) is 0 Å². The number of rotatable bonds is 4. The molecule has 1 N–H and O–H groups in total. The fraction of sp³-hybridized carbons (Fsp3) is 0.154. The number of nitrogens with zero attached hydrogens (tertiary/aromatic N) is 3. The van der Waals surface area contributed by atoms with Gasteiger partial charge in [0.1, 0.15) is 0 Å². The normalized spacial score (nSPS) is 10.4. The number of hydrazone groups is 1. The third-order valence-electron chi connectivity index (χ3n) is 2.26. The molecule has 0 bridgehead atoms. The van der Waals surface area contributed by atoms with Crippen molar-refractivity contribution in [3.63, 3.8) is 0 Å². The van der Waals surface area contributed by atoms with E-state index in [1.807, 2.05) is 36.6 Å². The van der Waals surface area contributed by atoms with Crippen LogP contribution in [-0.2, 0) is 6.42 Å². The van der Waals surface area contributed by atoms with Gasteiger partial charge in [-0.15, -0.1) is 11.3 Å². The molecule has 0 amide bonds. The first-order chi connectivity index (χ1) is 8.78. The van der Waals surface area contributed by atoms with E-state index < -0.39 is 0 Å². The van der Waals surface area contributed by atoms with Crippen molar-refractivity contribution in [3.05, 3.63) is 46.5 Å². The van der Waals surface area contributed by atoms with Gasteiger partial charge >= 0.3 is 0 Å². The molecule has 2 rings (SSSR count). The van der Waals surface area contributed by atoms with Crippen LogP contribution in [0, 0.1) is 18.3 Å². The van der Waals surface area contributed by atoms with E-state index >= 15 is 0 Å². The minimum atomic E-state index is 0.439. The Morgan fingerprint density at radius 2 is 2.22 bits per heavy atom. The predicted octanol–water partition coefficient (Wildman–Crippen LogP) is 2.96. The largest absolute Gasteiger partial charge is 0.253 e. The molecule has 1 aromatic heterocycles. The number of aryl methyl sites for hydroxylation is 1.